The number of aryl methyl sites for hydroxylation is 1. The van der Waals surface area contributed by atoms with Gasteiger partial charge in [-0.1, -0.05) is 24.3 Å². The predicted octanol–water partition coefficient (Wildman–Crippen LogP) is 3.05. The van der Waals surface area contributed by atoms with E-state index >= 15 is 0 Å². The zero-order valence-electron chi connectivity index (χ0n) is 13.0. The topological polar surface area (TPSA) is 60.7 Å². The molecule has 0 saturated heterocycles. The lowest BCUT2D eigenvalue weighted by molar-refractivity contribution is -0.144. The number of ether oxygens (including phenoxy) is 1. The number of fused-ring (bicyclic) bond motifs is 1. The van der Waals surface area contributed by atoms with Gasteiger partial charge in [-0.15, -0.1) is 0 Å². The Kier molecular flexibility index (Phi) is 4.76. The number of pyridine rings is 1. The highest BCUT2D eigenvalue weighted by molar-refractivity contribution is 9.10. The molecular formula is C18H15BrN2O3. The number of halogens is 1. The van der Waals surface area contributed by atoms with Crippen LogP contribution in [0.5, 0.6) is 0 Å². The molecule has 0 spiro atoms. The van der Waals surface area contributed by atoms with Gasteiger partial charge in [0.2, 0.25) is 0 Å². The Bertz CT molecular complexity index is 966. The highest BCUT2D eigenvalue weighted by atomic mass is 79.9. The molecule has 3 aromatic rings. The normalized spacial score (nSPS) is 10.8. The standard InChI is InChI=1S/C18H15BrN2O3/c1-12-4-2-3-5-13(12)8-18(23)24-11-15-9-17(22)21-10-14(19)6-7-16(21)20-15/h2-7,9-10H,8,11H2,1H3. The smallest absolute Gasteiger partial charge is 0.310 e. The van der Waals surface area contributed by atoms with Gasteiger partial charge in [0.15, 0.2) is 0 Å². The van der Waals surface area contributed by atoms with Crippen molar-refractivity contribution in [3.8, 4) is 0 Å². The number of rotatable bonds is 4. The summed E-state index contributed by atoms with van der Waals surface area (Å²) in [4.78, 5) is 28.4. The summed E-state index contributed by atoms with van der Waals surface area (Å²) in [6.07, 6.45) is 1.85. The minimum Gasteiger partial charge on any atom is -0.459 e. The molecule has 0 amide bonds. The third kappa shape index (κ3) is 3.71. The van der Waals surface area contributed by atoms with E-state index in [0.717, 1.165) is 15.6 Å². The molecule has 0 fully saturated rings. The molecule has 0 radical (unpaired) electrons. The fourth-order valence-electron chi connectivity index (χ4n) is 2.37. The fraction of sp³-hybridized carbons (Fsp3) is 0.167. The van der Waals surface area contributed by atoms with E-state index in [4.69, 9.17) is 4.74 Å². The number of aromatic nitrogens is 2. The highest BCUT2D eigenvalue weighted by Gasteiger charge is 2.09. The summed E-state index contributed by atoms with van der Waals surface area (Å²) >= 11 is 3.32. The molecule has 0 bridgehead atoms. The van der Waals surface area contributed by atoms with Crippen molar-refractivity contribution in [1.29, 1.82) is 0 Å². The zero-order chi connectivity index (χ0) is 17.1. The predicted molar refractivity (Wildman–Crippen MR) is 93.8 cm³/mol. The van der Waals surface area contributed by atoms with Crippen molar-refractivity contribution < 1.29 is 9.53 Å². The van der Waals surface area contributed by atoms with Crippen LogP contribution in [-0.2, 0) is 22.6 Å². The third-order valence-electron chi connectivity index (χ3n) is 3.65. The van der Waals surface area contributed by atoms with Gasteiger partial charge in [0.1, 0.15) is 12.3 Å². The highest BCUT2D eigenvalue weighted by Crippen LogP contribution is 2.11. The van der Waals surface area contributed by atoms with Gasteiger partial charge in [-0.3, -0.25) is 14.0 Å². The van der Waals surface area contributed by atoms with E-state index in [-0.39, 0.29) is 24.6 Å². The summed E-state index contributed by atoms with van der Waals surface area (Å²) in [5.74, 6) is -0.345. The Hall–Kier alpha value is -2.47. The zero-order valence-corrected chi connectivity index (χ0v) is 14.6. The second kappa shape index (κ2) is 6.97. The molecule has 0 aliphatic carbocycles. The Balaban J connectivity index is 1.71. The van der Waals surface area contributed by atoms with Crippen LogP contribution in [0.3, 0.4) is 0 Å². The van der Waals surface area contributed by atoms with E-state index in [0.29, 0.717) is 11.3 Å². The summed E-state index contributed by atoms with van der Waals surface area (Å²) in [7, 11) is 0. The Labute approximate surface area is 147 Å². The number of esters is 1. The molecule has 0 saturated carbocycles. The molecule has 0 atom stereocenters. The molecule has 3 rings (SSSR count). The first kappa shape index (κ1) is 16.4. The number of benzene rings is 1. The molecule has 0 unspecified atom stereocenters. The first-order valence-corrected chi connectivity index (χ1v) is 8.20. The van der Waals surface area contributed by atoms with E-state index < -0.39 is 0 Å². The minimum absolute atomic E-state index is 0.0213. The molecule has 5 nitrogen and oxygen atoms in total. The molecule has 122 valence electrons. The SMILES string of the molecule is Cc1ccccc1CC(=O)OCc1cc(=O)n2cc(Br)ccc2n1. The quantitative estimate of drug-likeness (QED) is 0.646. The van der Waals surface area contributed by atoms with Crippen LogP contribution in [0.4, 0.5) is 0 Å². The molecule has 0 aliphatic rings. The van der Waals surface area contributed by atoms with Gasteiger partial charge in [-0.2, -0.15) is 0 Å². The van der Waals surface area contributed by atoms with Crippen molar-refractivity contribution in [2.24, 2.45) is 0 Å². The second-order valence-electron chi connectivity index (χ2n) is 5.43. The maximum absolute atomic E-state index is 12.1. The van der Waals surface area contributed by atoms with Crippen molar-refractivity contribution in [2.75, 3.05) is 0 Å². The van der Waals surface area contributed by atoms with E-state index in [1.54, 1.807) is 18.3 Å². The van der Waals surface area contributed by atoms with Crippen LogP contribution < -0.4 is 5.56 Å². The summed E-state index contributed by atoms with van der Waals surface area (Å²) in [5, 5.41) is 0. The van der Waals surface area contributed by atoms with Crippen LogP contribution in [-0.4, -0.2) is 15.4 Å². The first-order chi connectivity index (χ1) is 11.5. The Morgan fingerprint density at radius 3 is 2.83 bits per heavy atom. The molecule has 6 heteroatoms. The van der Waals surface area contributed by atoms with Gasteiger partial charge in [0, 0.05) is 16.7 Å². The Morgan fingerprint density at radius 1 is 1.25 bits per heavy atom. The molecule has 0 aliphatic heterocycles. The number of carbonyl (C=O) groups excluding carboxylic acids is 1. The molecule has 24 heavy (non-hydrogen) atoms. The molecule has 2 heterocycles. The second-order valence-corrected chi connectivity index (χ2v) is 6.34. The summed E-state index contributed by atoms with van der Waals surface area (Å²) in [5.41, 5.74) is 2.70. The number of hydrogen-bond donors (Lipinski definition) is 0. The lowest BCUT2D eigenvalue weighted by Gasteiger charge is -2.07. The third-order valence-corrected chi connectivity index (χ3v) is 4.12. The van der Waals surface area contributed by atoms with E-state index in [1.807, 2.05) is 31.2 Å². The van der Waals surface area contributed by atoms with Crippen LogP contribution in [0, 0.1) is 6.92 Å². The van der Waals surface area contributed by atoms with Crippen molar-refractivity contribution >= 4 is 27.5 Å². The molecule has 1 aromatic carbocycles. The van der Waals surface area contributed by atoms with Crippen LogP contribution >= 0.6 is 15.9 Å². The maximum Gasteiger partial charge on any atom is 0.310 e. The number of hydrogen-bond acceptors (Lipinski definition) is 4. The lowest BCUT2D eigenvalue weighted by Crippen LogP contribution is -2.17. The van der Waals surface area contributed by atoms with Gasteiger partial charge in [0.25, 0.3) is 5.56 Å². The molecule has 2 aromatic heterocycles. The minimum atomic E-state index is -0.345. The van der Waals surface area contributed by atoms with Crippen LogP contribution in [0.2, 0.25) is 0 Å². The van der Waals surface area contributed by atoms with Crippen molar-refractivity contribution in [3.05, 3.63) is 80.3 Å². The van der Waals surface area contributed by atoms with Crippen molar-refractivity contribution in [2.45, 2.75) is 20.0 Å². The number of carbonyl (C=O) groups is 1. The summed E-state index contributed by atoms with van der Waals surface area (Å²) in [6.45, 7) is 1.93. The van der Waals surface area contributed by atoms with E-state index in [1.165, 1.54) is 10.5 Å². The summed E-state index contributed by atoms with van der Waals surface area (Å²) < 4.78 is 7.48. The van der Waals surface area contributed by atoms with Crippen LogP contribution in [0.15, 0.2) is 57.9 Å². The van der Waals surface area contributed by atoms with Crippen LogP contribution in [0.1, 0.15) is 16.8 Å². The average Bonchev–Trinajstić information content (AvgIpc) is 2.56. The van der Waals surface area contributed by atoms with Gasteiger partial charge < -0.3 is 4.74 Å². The van der Waals surface area contributed by atoms with E-state index in [9.17, 15) is 9.59 Å². The van der Waals surface area contributed by atoms with Crippen molar-refractivity contribution in [1.82, 2.24) is 9.38 Å². The average molecular weight is 387 g/mol. The van der Waals surface area contributed by atoms with Gasteiger partial charge in [-0.25, -0.2) is 4.98 Å². The fourth-order valence-corrected chi connectivity index (χ4v) is 2.71. The molecular weight excluding hydrogens is 372 g/mol. The largest absolute Gasteiger partial charge is 0.459 e. The Morgan fingerprint density at radius 2 is 2.04 bits per heavy atom. The lowest BCUT2D eigenvalue weighted by atomic mass is 10.1. The first-order valence-electron chi connectivity index (χ1n) is 7.41. The number of nitrogens with zero attached hydrogens (tertiary/aromatic N) is 2. The van der Waals surface area contributed by atoms with Gasteiger partial charge in [0.05, 0.1) is 12.1 Å². The monoisotopic (exact) mass is 386 g/mol. The van der Waals surface area contributed by atoms with Crippen LogP contribution in [0.25, 0.3) is 5.65 Å². The maximum atomic E-state index is 12.1. The van der Waals surface area contributed by atoms with Crippen molar-refractivity contribution in [3.63, 3.8) is 0 Å². The van der Waals surface area contributed by atoms with Gasteiger partial charge in [-0.05, 0) is 46.1 Å². The van der Waals surface area contributed by atoms with E-state index in [2.05, 4.69) is 20.9 Å². The summed E-state index contributed by atoms with van der Waals surface area (Å²) in [6, 6.07) is 12.6. The molecule has 0 N–H and O–H groups in total. The van der Waals surface area contributed by atoms with Gasteiger partial charge >= 0.3 is 5.97 Å².